The van der Waals surface area contributed by atoms with E-state index in [1.54, 1.807) is 33.8 Å². The van der Waals surface area contributed by atoms with E-state index in [4.69, 9.17) is 42.0 Å². The van der Waals surface area contributed by atoms with Crippen LogP contribution in [-0.4, -0.2) is 57.5 Å². The summed E-state index contributed by atoms with van der Waals surface area (Å²) in [5.41, 5.74) is 18.1. The second kappa shape index (κ2) is 35.8. The number of hydrogen-bond acceptors (Lipinski definition) is 11. The van der Waals surface area contributed by atoms with Gasteiger partial charge in [-0.1, -0.05) is 225 Å². The van der Waals surface area contributed by atoms with Crippen LogP contribution in [0, 0.1) is 18.6 Å². The van der Waals surface area contributed by atoms with Crippen molar-refractivity contribution in [2.75, 3.05) is 27.9 Å². The van der Waals surface area contributed by atoms with Crippen LogP contribution in [0.1, 0.15) is 138 Å². The Morgan fingerprint density at radius 1 is 0.285 bits per heavy atom. The van der Waals surface area contributed by atoms with Gasteiger partial charge < -0.3 is 24.2 Å². The highest BCUT2D eigenvalue weighted by atomic mass is 19.1. The predicted octanol–water partition coefficient (Wildman–Crippen LogP) is 29.1. The standard InChI is InChI=1S/C43H44N4O2.C36H30N4.C35H26F2N4/c1-5-7-29-48-35-25-19-32(20-26-35)42-44-41(45-47(42)34-23-27-36(28-24-34)49-30-8-6-2)31-17-21-33(22-18-31)46-39-15-11-9-13-37(39)43(3,4)38-14-10-12-16-40(38)46;1-25-17-19-27(20-18-25)35-37-34(38-40(35)29-11-5-4-6-12-29)26-21-23-28(24-22-26)39-32-15-9-7-13-30(32)36(2,3)31-14-8-10-16-33(31)39;1-35(2)29-7-3-5-9-31(29)40(32-10-6-4-8-30(32)35)27-19-13-23(14-20-27)33-38-34(24-11-15-25(36)16-12-24)41(39-33)28-21-17-26(37)18-22-28/h9-28H,5-8,29-30H2,1-4H3;4-24H,1-3H3;3-22H,1-2H3/i;4D,5D,6D,11D,12D,17D,18D,19D,20D,21D,22D,23D,24D;. The van der Waals surface area contributed by atoms with E-state index in [-0.39, 0.29) is 33.7 Å². The molecule has 3 aromatic heterocycles. The van der Waals surface area contributed by atoms with Crippen molar-refractivity contribution in [3.8, 4) is 96.9 Å². The molecule has 14 nitrogen and oxygen atoms in total. The molecule has 0 radical (unpaired) electrons. The third-order valence-electron chi connectivity index (χ3n) is 24.1. The second-order valence-corrected chi connectivity index (χ2v) is 33.7. The van der Waals surface area contributed by atoms with E-state index in [1.165, 1.54) is 64.8 Å². The maximum atomic E-state index is 13.7. The Morgan fingerprint density at radius 3 is 0.938 bits per heavy atom. The summed E-state index contributed by atoms with van der Waals surface area (Å²) in [4.78, 5) is 20.8. The van der Waals surface area contributed by atoms with Gasteiger partial charge in [0.15, 0.2) is 34.9 Å². The minimum Gasteiger partial charge on any atom is -0.494 e. The molecule has 0 unspecified atom stereocenters. The summed E-state index contributed by atoms with van der Waals surface area (Å²) < 4.78 is 157. The molecule has 0 saturated carbocycles. The van der Waals surface area contributed by atoms with E-state index in [0.717, 1.165) is 104 Å². The Balaban J connectivity index is 0.000000137. The summed E-state index contributed by atoms with van der Waals surface area (Å²) in [6.07, 6.45) is 4.27. The number of aromatic nitrogens is 9. The molecule has 15 aromatic carbocycles. The van der Waals surface area contributed by atoms with Gasteiger partial charge in [0.25, 0.3) is 0 Å². The quantitative estimate of drug-likeness (QED) is 0.0678. The maximum Gasteiger partial charge on any atom is 0.182 e. The van der Waals surface area contributed by atoms with Crippen LogP contribution in [0.3, 0.4) is 0 Å². The van der Waals surface area contributed by atoms with Gasteiger partial charge in [-0.2, -0.15) is 0 Å². The van der Waals surface area contributed by atoms with E-state index in [9.17, 15) is 14.3 Å². The van der Waals surface area contributed by atoms with Gasteiger partial charge in [0, 0.05) is 66.7 Å². The van der Waals surface area contributed by atoms with Gasteiger partial charge in [-0.15, -0.1) is 15.3 Å². The molecule has 6 heterocycles. The van der Waals surface area contributed by atoms with Crippen LogP contribution in [0.4, 0.5) is 60.0 Å². The van der Waals surface area contributed by atoms with Crippen LogP contribution in [0.2, 0.25) is 0 Å². The van der Waals surface area contributed by atoms with Gasteiger partial charge in [-0.05, 0) is 271 Å². The zero-order valence-corrected chi connectivity index (χ0v) is 73.4. The number of nitrogens with zero attached hydrogens (tertiary/aromatic N) is 12. The van der Waals surface area contributed by atoms with Crippen LogP contribution >= 0.6 is 0 Å². The van der Waals surface area contributed by atoms with Gasteiger partial charge >= 0.3 is 0 Å². The lowest BCUT2D eigenvalue weighted by Crippen LogP contribution is -2.30. The van der Waals surface area contributed by atoms with Gasteiger partial charge in [0.2, 0.25) is 0 Å². The highest BCUT2D eigenvalue weighted by Crippen LogP contribution is 2.56. The molecule has 18 aromatic rings. The molecular weight excluding hydrogens is 1610 g/mol. The molecule has 0 bridgehead atoms. The number of halogens is 2. The number of anilines is 9. The predicted molar refractivity (Wildman–Crippen MR) is 523 cm³/mol. The van der Waals surface area contributed by atoms with Crippen molar-refractivity contribution in [2.45, 2.75) is 104 Å². The lowest BCUT2D eigenvalue weighted by molar-refractivity contribution is 0.309. The van der Waals surface area contributed by atoms with Crippen molar-refractivity contribution < 1.29 is 36.1 Å². The number of ether oxygens (including phenoxy) is 2. The maximum absolute atomic E-state index is 13.7. The third-order valence-corrected chi connectivity index (χ3v) is 24.1. The molecule has 16 heteroatoms. The SMILES string of the molecule is CC1(C)c2ccccc2N(c2ccc(-c3nc(-c4ccc(F)cc4)n(-c4ccc(F)cc4)n3)cc2)c2ccccc21.CCCCOc1ccc(-c2nc(-c3ccc(N4c5ccccc5C(C)(C)c5ccccc54)cc3)nn2-c2ccc(OCCCC)cc2)cc1.[2H]c1c([2H])c([2H])c(-n2nc(-c3c([2H])c([2H])c(N4c5ccccc5C(C)(C)c5ccccc54)c([2H])c3[2H])nc2-c2c([2H])c([2H])c(C)c([2H])c2[2H])c([2H])c1[2H]. The molecule has 0 saturated heterocycles. The van der Waals surface area contributed by atoms with Crippen LogP contribution in [0.15, 0.2) is 370 Å². The lowest BCUT2D eigenvalue weighted by Gasteiger charge is -2.42. The summed E-state index contributed by atoms with van der Waals surface area (Å²) in [6.45, 7) is 20.5. The van der Waals surface area contributed by atoms with Gasteiger partial charge in [0.1, 0.15) is 23.1 Å². The van der Waals surface area contributed by atoms with Crippen molar-refractivity contribution in [2.24, 2.45) is 0 Å². The summed E-state index contributed by atoms with van der Waals surface area (Å²) in [5.74, 6) is 2.60. The topological polar surface area (TPSA) is 120 Å². The third kappa shape index (κ3) is 16.4. The van der Waals surface area contributed by atoms with Gasteiger partial charge in [-0.25, -0.2) is 37.8 Å². The first-order valence-corrected chi connectivity index (χ1v) is 43.6. The van der Waals surface area contributed by atoms with Gasteiger partial charge in [-0.3, -0.25) is 0 Å². The molecular formula is C114H100F2N12O2. The zero-order chi connectivity index (χ0) is 101. The van der Waals surface area contributed by atoms with E-state index < -0.39 is 112 Å². The Kier molecular flexibility index (Phi) is 19.2. The molecule has 3 aliphatic rings. The fourth-order valence-electron chi connectivity index (χ4n) is 17.3. The first-order chi connectivity index (χ1) is 68.8. The molecule has 0 amide bonds. The van der Waals surface area contributed by atoms with Crippen molar-refractivity contribution in [3.05, 3.63) is 420 Å². The molecule has 0 spiro atoms. The average molecular weight is 1720 g/mol. The largest absolute Gasteiger partial charge is 0.494 e. The Hall–Kier alpha value is -15.4. The van der Waals surface area contributed by atoms with E-state index in [0.29, 0.717) is 53.3 Å². The van der Waals surface area contributed by atoms with Crippen molar-refractivity contribution >= 4 is 51.2 Å². The molecule has 3 aliphatic heterocycles. The molecule has 0 aliphatic carbocycles. The first kappa shape index (κ1) is 69.7. The average Bonchev–Trinajstić information content (AvgIpc) is 1.45. The highest BCUT2D eigenvalue weighted by molar-refractivity contribution is 5.90. The Bertz CT molecular complexity index is 7480. The number of hydrogen-bond donors (Lipinski definition) is 0. The monoisotopic (exact) mass is 1720 g/mol. The summed E-state index contributed by atoms with van der Waals surface area (Å²) in [6, 6.07) is 87.4. The van der Waals surface area contributed by atoms with E-state index in [2.05, 4.69) is 221 Å². The number of benzene rings is 15. The number of rotatable bonds is 20. The number of unbranched alkanes of at least 4 members (excludes halogenated alkanes) is 2. The number of para-hydroxylation sites is 7. The Labute approximate surface area is 777 Å². The van der Waals surface area contributed by atoms with E-state index >= 15 is 0 Å². The van der Waals surface area contributed by atoms with Crippen LogP contribution in [0.5, 0.6) is 11.5 Å². The molecule has 130 heavy (non-hydrogen) atoms. The smallest absolute Gasteiger partial charge is 0.182 e. The molecule has 642 valence electrons. The Morgan fingerprint density at radius 2 is 0.569 bits per heavy atom. The summed E-state index contributed by atoms with van der Waals surface area (Å²) in [7, 11) is 0. The van der Waals surface area contributed by atoms with Crippen molar-refractivity contribution in [1.82, 2.24) is 44.3 Å². The highest BCUT2D eigenvalue weighted by Gasteiger charge is 2.40. The minimum absolute atomic E-state index is 0.0391. The van der Waals surface area contributed by atoms with Crippen LogP contribution in [0.25, 0.3) is 85.4 Å². The van der Waals surface area contributed by atoms with Crippen molar-refractivity contribution in [1.29, 1.82) is 0 Å². The summed E-state index contributed by atoms with van der Waals surface area (Å²) >= 11 is 0. The number of fused-ring (bicyclic) bond motifs is 6. The van der Waals surface area contributed by atoms with E-state index in [1.807, 2.05) is 102 Å². The minimum atomic E-state index is -0.716. The van der Waals surface area contributed by atoms with Gasteiger partial charge in [0.05, 0.1) is 82.2 Å². The molecule has 21 rings (SSSR count). The van der Waals surface area contributed by atoms with Crippen LogP contribution in [-0.2, 0) is 16.2 Å². The lowest BCUT2D eigenvalue weighted by atomic mass is 9.73. The molecule has 0 N–H and O–H groups in total. The molecule has 0 fully saturated rings. The van der Waals surface area contributed by atoms with Crippen molar-refractivity contribution in [3.63, 3.8) is 0 Å². The fraction of sp³-hybridized carbons (Fsp3) is 0.158. The van der Waals surface area contributed by atoms with Crippen LogP contribution < -0.4 is 24.2 Å². The second-order valence-electron chi connectivity index (χ2n) is 33.7. The summed E-state index contributed by atoms with van der Waals surface area (Å²) in [5, 5.41) is 14.2. The fourth-order valence-corrected chi connectivity index (χ4v) is 17.3. The zero-order valence-electron chi connectivity index (χ0n) is 86.4. The normalized spacial score (nSPS) is 14.8. The molecule has 0 atom stereocenters. The first-order valence-electron chi connectivity index (χ1n) is 50.1.